The van der Waals surface area contributed by atoms with Crippen molar-refractivity contribution in [3.8, 4) is 0 Å². The highest BCUT2D eigenvalue weighted by atomic mass is 35.5. The first-order chi connectivity index (χ1) is 5.75. The third-order valence-electron chi connectivity index (χ3n) is 1.32. The fourth-order valence-electron chi connectivity index (χ4n) is 0.724. The molecule has 0 aromatic heterocycles. The Morgan fingerprint density at radius 1 is 1.58 bits per heavy atom. The molecule has 0 heterocycles. The van der Waals surface area contributed by atoms with Crippen molar-refractivity contribution < 1.29 is 4.79 Å². The number of amides is 2. The molecule has 1 N–H and O–H groups in total. The molecule has 1 aromatic rings. The molecule has 4 heteroatoms. The van der Waals surface area contributed by atoms with E-state index in [4.69, 9.17) is 11.8 Å². The Hall–Kier alpha value is -1.22. The van der Waals surface area contributed by atoms with Crippen LogP contribution in [0.3, 0.4) is 0 Å². The number of benzene rings is 1. The molecule has 0 saturated heterocycles. The average molecular weight is 184 g/mol. The summed E-state index contributed by atoms with van der Waals surface area (Å²) < 4.78 is 1.01. The molecule has 0 aliphatic rings. The van der Waals surface area contributed by atoms with E-state index in [1.54, 1.807) is 24.3 Å². The van der Waals surface area contributed by atoms with Gasteiger partial charge in [0.2, 0.25) is 0 Å². The molecule has 1 rings (SSSR count). The molecule has 1 aromatic carbocycles. The van der Waals surface area contributed by atoms with Crippen molar-refractivity contribution in [2.75, 3.05) is 11.5 Å². The summed E-state index contributed by atoms with van der Waals surface area (Å²) in [4.78, 5) is 11.0. The van der Waals surface area contributed by atoms with Gasteiger partial charge in [-0.15, -0.1) is 0 Å². The van der Waals surface area contributed by atoms with Gasteiger partial charge in [-0.1, -0.05) is 12.1 Å². The van der Waals surface area contributed by atoms with E-state index in [0.29, 0.717) is 5.69 Å². The van der Waals surface area contributed by atoms with E-state index < -0.39 is 0 Å². The fraction of sp³-hybridized carbons (Fsp3) is 0.125. The Labute approximate surface area is 76.0 Å². The number of anilines is 1. The summed E-state index contributed by atoms with van der Waals surface area (Å²) in [6, 6.07) is 9.24. The van der Waals surface area contributed by atoms with E-state index in [1.165, 1.54) is 7.05 Å². The van der Waals surface area contributed by atoms with E-state index in [0.717, 1.165) is 4.42 Å². The van der Waals surface area contributed by atoms with Gasteiger partial charge in [-0.25, -0.2) is 9.21 Å². The van der Waals surface area contributed by atoms with Crippen molar-refractivity contribution >= 4 is 23.5 Å². The molecule has 1 radical (unpaired) electrons. The van der Waals surface area contributed by atoms with Gasteiger partial charge in [-0.05, 0) is 18.2 Å². The van der Waals surface area contributed by atoms with Gasteiger partial charge >= 0.3 is 6.03 Å². The van der Waals surface area contributed by atoms with Crippen LogP contribution in [0, 0.1) is 6.07 Å². The van der Waals surface area contributed by atoms with Crippen LogP contribution in [0.4, 0.5) is 10.5 Å². The number of hydrogen-bond acceptors (Lipinski definition) is 1. The molecule has 0 atom stereocenters. The summed E-state index contributed by atoms with van der Waals surface area (Å²) in [5.41, 5.74) is 0.620. The molecule has 12 heavy (non-hydrogen) atoms. The second-order valence-electron chi connectivity index (χ2n) is 2.09. The number of halogens is 1. The Balaban J connectivity index is 2.78. The Kier molecular flexibility index (Phi) is 2.94. The third kappa shape index (κ3) is 1.89. The lowest BCUT2D eigenvalue weighted by Gasteiger charge is -2.11. The van der Waals surface area contributed by atoms with Crippen molar-refractivity contribution in [3.63, 3.8) is 0 Å². The Morgan fingerprint density at radius 2 is 2.17 bits per heavy atom. The summed E-state index contributed by atoms with van der Waals surface area (Å²) in [5, 5.41) is 2.41. The molecule has 0 aliphatic carbocycles. The zero-order valence-electron chi connectivity index (χ0n) is 6.54. The van der Waals surface area contributed by atoms with Crippen LogP contribution >= 0.6 is 11.8 Å². The highest BCUT2D eigenvalue weighted by Gasteiger charge is 2.09. The summed E-state index contributed by atoms with van der Waals surface area (Å²) in [6.07, 6.45) is 0. The lowest BCUT2D eigenvalue weighted by atomic mass is 10.3. The van der Waals surface area contributed by atoms with Crippen LogP contribution in [0.15, 0.2) is 24.3 Å². The number of nitrogens with zero attached hydrogens (tertiary/aromatic N) is 1. The summed E-state index contributed by atoms with van der Waals surface area (Å²) in [5.74, 6) is 0. The number of urea groups is 1. The van der Waals surface area contributed by atoms with Gasteiger partial charge in [0.15, 0.2) is 0 Å². The van der Waals surface area contributed by atoms with Crippen LogP contribution in [0.5, 0.6) is 0 Å². The number of rotatable bonds is 1. The van der Waals surface area contributed by atoms with Crippen molar-refractivity contribution in [1.29, 1.82) is 0 Å². The van der Waals surface area contributed by atoms with Crippen LogP contribution in [0.1, 0.15) is 0 Å². The lowest BCUT2D eigenvalue weighted by Crippen LogP contribution is -2.30. The molecule has 0 fully saturated rings. The minimum atomic E-state index is -0.358. The molecule has 0 bridgehead atoms. The topological polar surface area (TPSA) is 32.3 Å². The molecule has 2 amide bonds. The van der Waals surface area contributed by atoms with Crippen molar-refractivity contribution in [3.05, 3.63) is 30.3 Å². The first kappa shape index (κ1) is 8.87. The zero-order valence-corrected chi connectivity index (χ0v) is 7.30. The second kappa shape index (κ2) is 3.97. The molecule has 0 saturated carbocycles. The van der Waals surface area contributed by atoms with E-state index >= 15 is 0 Å². The molecule has 63 valence electrons. The van der Waals surface area contributed by atoms with Gasteiger partial charge in [0.25, 0.3) is 0 Å². The van der Waals surface area contributed by atoms with E-state index in [9.17, 15) is 4.79 Å². The predicted octanol–water partition coefficient (Wildman–Crippen LogP) is 1.79. The summed E-state index contributed by atoms with van der Waals surface area (Å²) in [6.45, 7) is 0. The first-order valence-electron chi connectivity index (χ1n) is 3.39. The lowest BCUT2D eigenvalue weighted by molar-refractivity contribution is 0.251. The quantitative estimate of drug-likeness (QED) is 0.662. The normalized spacial score (nSPS) is 9.17. The van der Waals surface area contributed by atoms with Gasteiger partial charge in [-0.2, -0.15) is 0 Å². The third-order valence-corrected chi connectivity index (χ3v) is 1.67. The minimum absolute atomic E-state index is 0.358. The molecular weight excluding hydrogens is 176 g/mol. The van der Waals surface area contributed by atoms with Gasteiger partial charge in [0.1, 0.15) is 0 Å². The average Bonchev–Trinajstić information content (AvgIpc) is 2.17. The Morgan fingerprint density at radius 3 is 2.67 bits per heavy atom. The fourth-order valence-corrected chi connectivity index (χ4v) is 0.922. The molecule has 0 unspecified atom stereocenters. The maximum Gasteiger partial charge on any atom is 0.336 e. The van der Waals surface area contributed by atoms with Crippen LogP contribution in [-0.4, -0.2) is 13.1 Å². The summed E-state index contributed by atoms with van der Waals surface area (Å²) in [7, 11) is 1.52. The molecular formula is C8H8ClN2O. The zero-order chi connectivity index (χ0) is 8.97. The van der Waals surface area contributed by atoms with Gasteiger partial charge in [0, 0.05) is 18.8 Å². The van der Waals surface area contributed by atoms with Crippen molar-refractivity contribution in [1.82, 2.24) is 5.32 Å². The van der Waals surface area contributed by atoms with Crippen LogP contribution in [-0.2, 0) is 0 Å². The summed E-state index contributed by atoms with van der Waals surface area (Å²) >= 11 is 5.66. The second-order valence-corrected chi connectivity index (χ2v) is 2.43. The monoisotopic (exact) mass is 183 g/mol. The van der Waals surface area contributed by atoms with Crippen LogP contribution in [0.25, 0.3) is 0 Å². The molecule has 0 spiro atoms. The maximum atomic E-state index is 11.0. The number of carbonyl (C=O) groups excluding carboxylic acids is 1. The largest absolute Gasteiger partial charge is 0.340 e. The van der Waals surface area contributed by atoms with E-state index in [2.05, 4.69) is 11.4 Å². The number of carbonyl (C=O) groups is 1. The smallest absolute Gasteiger partial charge is 0.336 e. The van der Waals surface area contributed by atoms with E-state index in [-0.39, 0.29) is 6.03 Å². The van der Waals surface area contributed by atoms with E-state index in [1.807, 2.05) is 0 Å². The SMILES string of the molecule is CNC(=O)N(Cl)c1cc[c]cc1. The molecule has 3 nitrogen and oxygen atoms in total. The van der Waals surface area contributed by atoms with Crippen molar-refractivity contribution in [2.24, 2.45) is 0 Å². The van der Waals surface area contributed by atoms with Crippen molar-refractivity contribution in [2.45, 2.75) is 0 Å². The Bertz CT molecular complexity index is 263. The minimum Gasteiger partial charge on any atom is -0.340 e. The molecule has 0 aliphatic heterocycles. The van der Waals surface area contributed by atoms with Crippen LogP contribution in [0.2, 0.25) is 0 Å². The number of hydrogen-bond donors (Lipinski definition) is 1. The standard InChI is InChI=1S/C8H8ClN2O/c1-10-8(12)11(9)7-5-3-2-4-6-7/h3-6H,1H3,(H,10,12). The predicted molar refractivity (Wildman–Crippen MR) is 48.1 cm³/mol. The van der Waals surface area contributed by atoms with Gasteiger partial charge < -0.3 is 5.32 Å². The highest BCUT2D eigenvalue weighted by molar-refractivity contribution is 6.36. The van der Waals surface area contributed by atoms with Gasteiger partial charge in [0.05, 0.1) is 5.69 Å². The van der Waals surface area contributed by atoms with Crippen LogP contribution < -0.4 is 9.74 Å². The highest BCUT2D eigenvalue weighted by Crippen LogP contribution is 2.14. The van der Waals surface area contributed by atoms with Gasteiger partial charge in [-0.3, -0.25) is 0 Å². The first-order valence-corrected chi connectivity index (χ1v) is 3.73. The number of nitrogens with one attached hydrogen (secondary N) is 1. The maximum absolute atomic E-state index is 11.0.